The van der Waals surface area contributed by atoms with Crippen molar-refractivity contribution in [1.82, 2.24) is 9.21 Å². The summed E-state index contributed by atoms with van der Waals surface area (Å²) in [6.07, 6.45) is 0.961. The van der Waals surface area contributed by atoms with Gasteiger partial charge in [-0.25, -0.2) is 26.0 Å². The molecule has 0 fully saturated rings. The van der Waals surface area contributed by atoms with Gasteiger partial charge in [0.25, 0.3) is 0 Å². The number of ether oxygens (including phenoxy) is 4. The lowest BCUT2D eigenvalue weighted by Gasteiger charge is -2.28. The van der Waals surface area contributed by atoms with E-state index in [-0.39, 0.29) is 50.3 Å². The fourth-order valence-corrected chi connectivity index (χ4v) is 7.71. The molecule has 13 nitrogen and oxygen atoms in total. The summed E-state index contributed by atoms with van der Waals surface area (Å²) in [5, 5.41) is 18.2. The number of benzene rings is 6. The third-order valence-electron chi connectivity index (χ3n) is 10.4. The number of amides is 1. The van der Waals surface area contributed by atoms with Crippen LogP contribution in [0.25, 0.3) is 22.3 Å². The van der Waals surface area contributed by atoms with E-state index in [1.807, 2.05) is 24.3 Å². The highest BCUT2D eigenvalue weighted by Gasteiger charge is 2.29. The van der Waals surface area contributed by atoms with E-state index in [1.165, 1.54) is 19.1 Å². The summed E-state index contributed by atoms with van der Waals surface area (Å²) in [7, 11) is -0.931. The molecule has 6 aromatic rings. The average molecular weight is 989 g/mol. The number of carboxylic acid groups (broad SMARTS) is 2. The molecule has 18 heteroatoms. The maximum Gasteiger partial charge on any atom is 0.323 e. The van der Waals surface area contributed by atoms with E-state index in [9.17, 15) is 45.5 Å². The number of rotatable bonds is 19. The molecule has 0 bridgehead atoms. The molecule has 0 heterocycles. The van der Waals surface area contributed by atoms with Crippen molar-refractivity contribution in [2.45, 2.75) is 47.1 Å². The maximum atomic E-state index is 13.7. The second-order valence-corrected chi connectivity index (χ2v) is 18.9. The smallest absolute Gasteiger partial charge is 0.323 e. The first kappa shape index (κ1) is 53.5. The number of carbonyl (C=O) groups excluding carboxylic acids is 1. The van der Waals surface area contributed by atoms with Crippen LogP contribution in [0.5, 0.6) is 23.0 Å². The Labute approximate surface area is 403 Å². The topological polar surface area (TPSA) is 169 Å². The first-order valence-electron chi connectivity index (χ1n) is 21.4. The van der Waals surface area contributed by atoms with Crippen molar-refractivity contribution >= 4 is 27.9 Å². The van der Waals surface area contributed by atoms with Gasteiger partial charge in [0.05, 0.1) is 20.5 Å². The predicted octanol–water partition coefficient (Wildman–Crippen LogP) is 9.74. The fraction of sp³-hybridized carbons (Fsp3) is 0.250. The zero-order chi connectivity index (χ0) is 51.3. The molecule has 0 aliphatic carbocycles. The molecule has 2 N–H and O–H groups in total. The van der Waals surface area contributed by atoms with Crippen LogP contribution in [-0.2, 0) is 50.7 Å². The van der Waals surface area contributed by atoms with Gasteiger partial charge in [0.1, 0.15) is 49.3 Å². The molecule has 6 aromatic carbocycles. The molecule has 0 saturated heterocycles. The molecule has 0 atom stereocenters. The Bertz CT molecular complexity index is 2910. The van der Waals surface area contributed by atoms with E-state index >= 15 is 0 Å². The van der Waals surface area contributed by atoms with Gasteiger partial charge in [0.15, 0.2) is 23.3 Å². The Hall–Kier alpha value is -7.44. The average Bonchev–Trinajstić information content (AvgIpc) is 3.31. The zero-order valence-electron chi connectivity index (χ0n) is 39.2. The lowest BCUT2D eigenvalue weighted by atomic mass is 9.94. The van der Waals surface area contributed by atoms with E-state index in [2.05, 4.69) is 0 Å². The summed E-state index contributed by atoms with van der Waals surface area (Å²) in [6.45, 7) is 4.76. The number of sulfonamides is 1. The molecule has 0 aliphatic rings. The van der Waals surface area contributed by atoms with Crippen molar-refractivity contribution in [2.75, 3.05) is 33.6 Å². The molecule has 0 radical (unpaired) electrons. The van der Waals surface area contributed by atoms with Gasteiger partial charge in [0.2, 0.25) is 15.9 Å². The second kappa shape index (κ2) is 23.7. The number of carboxylic acids is 2. The first-order chi connectivity index (χ1) is 33.0. The van der Waals surface area contributed by atoms with Crippen molar-refractivity contribution in [3.8, 4) is 45.3 Å². The molecule has 0 saturated carbocycles. The van der Waals surface area contributed by atoms with Crippen LogP contribution in [0.4, 0.5) is 17.6 Å². The van der Waals surface area contributed by atoms with Crippen molar-refractivity contribution < 1.29 is 69.5 Å². The Kier molecular flexibility index (Phi) is 18.1. The summed E-state index contributed by atoms with van der Waals surface area (Å²) in [4.78, 5) is 36.3. The van der Waals surface area contributed by atoms with E-state index in [1.54, 1.807) is 93.6 Å². The lowest BCUT2D eigenvalue weighted by molar-refractivity contribution is -0.148. The van der Waals surface area contributed by atoms with E-state index in [4.69, 9.17) is 24.1 Å². The number of methoxy groups -OCH3 is 2. The Morgan fingerprint density at radius 2 is 0.943 bits per heavy atom. The predicted molar refractivity (Wildman–Crippen MR) is 254 cm³/mol. The van der Waals surface area contributed by atoms with Crippen molar-refractivity contribution in [1.29, 1.82) is 0 Å². The minimum Gasteiger partial charge on any atom is -0.496 e. The van der Waals surface area contributed by atoms with Gasteiger partial charge in [0, 0.05) is 41.8 Å². The van der Waals surface area contributed by atoms with Crippen molar-refractivity contribution in [3.05, 3.63) is 167 Å². The highest BCUT2D eigenvalue weighted by molar-refractivity contribution is 7.88. The zero-order valence-corrected chi connectivity index (χ0v) is 40.0. The molecule has 70 heavy (non-hydrogen) atoms. The number of hydrogen-bond acceptors (Lipinski definition) is 9. The third-order valence-corrected chi connectivity index (χ3v) is 11.6. The Balaban J connectivity index is 0.000000261. The van der Waals surface area contributed by atoms with Gasteiger partial charge in [-0.3, -0.25) is 14.4 Å². The highest BCUT2D eigenvalue weighted by atomic mass is 32.2. The Morgan fingerprint density at radius 3 is 1.31 bits per heavy atom. The van der Waals surface area contributed by atoms with E-state index < -0.39 is 57.2 Å². The summed E-state index contributed by atoms with van der Waals surface area (Å²) >= 11 is 0. The van der Waals surface area contributed by atoms with Crippen LogP contribution in [-0.4, -0.2) is 79.2 Å². The summed E-state index contributed by atoms with van der Waals surface area (Å²) in [6, 6.07) is 32.1. The lowest BCUT2D eigenvalue weighted by Crippen LogP contribution is -2.41. The minimum absolute atomic E-state index is 0.0796. The van der Waals surface area contributed by atoms with Gasteiger partial charge in [-0.15, -0.1) is 0 Å². The number of carbonyl (C=O) groups is 3. The molecule has 0 aromatic heterocycles. The number of hydrogen-bond donors (Lipinski definition) is 2. The van der Waals surface area contributed by atoms with Gasteiger partial charge in [-0.1, -0.05) is 93.6 Å². The summed E-state index contributed by atoms with van der Waals surface area (Å²) < 4.78 is 101. The largest absolute Gasteiger partial charge is 0.496 e. The molecular weight excluding hydrogens is 937 g/mol. The monoisotopic (exact) mass is 988 g/mol. The second-order valence-electron chi connectivity index (χ2n) is 16.9. The van der Waals surface area contributed by atoms with Crippen LogP contribution < -0.4 is 18.9 Å². The van der Waals surface area contributed by atoms with Gasteiger partial charge < -0.3 is 34.1 Å². The summed E-state index contributed by atoms with van der Waals surface area (Å²) in [5.74, 6) is -4.95. The molecule has 0 spiro atoms. The van der Waals surface area contributed by atoms with E-state index in [0.717, 1.165) is 51.5 Å². The maximum absolute atomic E-state index is 13.7. The summed E-state index contributed by atoms with van der Waals surface area (Å²) in [5.41, 5.74) is 4.39. The first-order valence-corrected chi connectivity index (χ1v) is 23.3. The minimum atomic E-state index is -3.70. The molecule has 6 rings (SSSR count). The Morgan fingerprint density at radius 1 is 0.557 bits per heavy atom. The molecular formula is C52H52F4N2O11S. The van der Waals surface area contributed by atoms with Crippen molar-refractivity contribution in [2.24, 2.45) is 5.41 Å². The van der Waals surface area contributed by atoms with Crippen LogP contribution in [0.15, 0.2) is 121 Å². The number of halogens is 4. The van der Waals surface area contributed by atoms with E-state index in [0.29, 0.717) is 39.3 Å². The molecule has 0 aliphatic heterocycles. The normalized spacial score (nSPS) is 11.3. The number of nitrogens with zero attached hydrogens (tertiary/aromatic N) is 2. The van der Waals surface area contributed by atoms with Crippen LogP contribution in [0, 0.1) is 28.7 Å². The van der Waals surface area contributed by atoms with Gasteiger partial charge in [-0.2, -0.15) is 4.31 Å². The molecule has 370 valence electrons. The van der Waals surface area contributed by atoms with Crippen LogP contribution in [0.1, 0.15) is 43.0 Å². The molecule has 0 unspecified atom stereocenters. The quantitative estimate of drug-likeness (QED) is 0.0741. The van der Waals surface area contributed by atoms with Gasteiger partial charge >= 0.3 is 11.9 Å². The standard InChI is InChI=1S/C28H29F2NO5.C24H23F2NO6S/c1-28(2,3)27(34)31(16-26(32)33)15-18-6-5-7-19(12-18)17-36-21-10-8-20(9-11-21)22-13-23(29)24(30)14-25(22)35-4;1-32-23-12-22(26)21(25)11-20(23)18-6-8-19(9-7-18)33-15-17-5-3-4-16(10-17)13-27(14-24(28)29)34(2,30)31/h5-14H,15-17H2,1-4H3,(H,32,33);3-12H,13-15H2,1-2H3,(H,28,29). The van der Waals surface area contributed by atoms with Crippen molar-refractivity contribution in [3.63, 3.8) is 0 Å². The third kappa shape index (κ3) is 15.3. The molecule has 1 amide bonds. The SMILES string of the molecule is COc1cc(F)c(F)cc1-c1ccc(OCc2cccc(CN(CC(=O)O)C(=O)C(C)(C)C)c2)cc1.COc1cc(F)c(F)cc1-c1ccc(OCc2cccc(CN(CC(=O)O)S(C)(=O)=O)c2)cc1. The number of aliphatic carboxylic acids is 2. The highest BCUT2D eigenvalue weighted by Crippen LogP contribution is 2.35. The van der Waals surface area contributed by atoms with Crippen LogP contribution in [0.3, 0.4) is 0 Å². The van der Waals surface area contributed by atoms with Gasteiger partial charge in [-0.05, 0) is 69.8 Å². The van der Waals surface area contributed by atoms with Crippen LogP contribution in [0.2, 0.25) is 0 Å². The fourth-order valence-electron chi connectivity index (χ4n) is 6.98. The van der Waals surface area contributed by atoms with Crippen LogP contribution >= 0.6 is 0 Å².